The fraction of sp³-hybridized carbons (Fsp3) is 0.353. The van der Waals surface area contributed by atoms with Gasteiger partial charge >= 0.3 is 0 Å². The van der Waals surface area contributed by atoms with Crippen LogP contribution in [0.2, 0.25) is 5.02 Å². The lowest BCUT2D eigenvalue weighted by molar-refractivity contribution is -0.140. The van der Waals surface area contributed by atoms with Crippen LogP contribution in [0.25, 0.3) is 11.1 Å². The molecular formula is C34H38ClN5O7S. The molecule has 4 atom stereocenters. The number of fused-ring (bicyclic) bond motifs is 1. The number of hydrogen-bond acceptors (Lipinski definition) is 9. The highest BCUT2D eigenvalue weighted by atomic mass is 35.5. The molecule has 1 aliphatic heterocycles. The molecule has 48 heavy (non-hydrogen) atoms. The van der Waals surface area contributed by atoms with Gasteiger partial charge in [-0.1, -0.05) is 66.2 Å². The zero-order chi connectivity index (χ0) is 34.3. The molecule has 1 fully saturated rings. The van der Waals surface area contributed by atoms with Crippen molar-refractivity contribution in [2.24, 2.45) is 5.73 Å². The van der Waals surface area contributed by atoms with Crippen LogP contribution < -0.4 is 15.8 Å². The molecule has 1 aromatic heterocycles. The number of carbonyl (C=O) groups excluding carboxylic acids is 3. The maximum Gasteiger partial charge on any atom is 0.266 e. The summed E-state index contributed by atoms with van der Waals surface area (Å²) in [5.74, 6) is -1.87. The molecule has 4 aromatic rings. The predicted octanol–water partition coefficient (Wildman–Crippen LogP) is 3.75. The summed E-state index contributed by atoms with van der Waals surface area (Å²) in [6, 6.07) is 19.1. The summed E-state index contributed by atoms with van der Waals surface area (Å²) in [4.78, 5) is 47.6. The van der Waals surface area contributed by atoms with Crippen molar-refractivity contribution in [2.45, 2.75) is 56.5 Å². The number of ether oxygens (including phenoxy) is 1. The van der Waals surface area contributed by atoms with Gasteiger partial charge in [0.1, 0.15) is 17.6 Å². The number of unbranched alkanes of at least 4 members (excludes halogenated alkanes) is 1. The molecule has 0 saturated carbocycles. The van der Waals surface area contributed by atoms with E-state index in [0.717, 1.165) is 11.8 Å². The number of para-hydroxylation sites is 2. The first-order chi connectivity index (χ1) is 23.0. The van der Waals surface area contributed by atoms with Crippen LogP contribution in [0.5, 0.6) is 0 Å². The van der Waals surface area contributed by atoms with Crippen LogP contribution >= 0.6 is 11.6 Å². The van der Waals surface area contributed by atoms with Crippen LogP contribution in [0.3, 0.4) is 0 Å². The second-order valence-electron chi connectivity index (χ2n) is 11.7. The summed E-state index contributed by atoms with van der Waals surface area (Å²) in [6.07, 6.45) is 1.93. The Hall–Kier alpha value is -4.14. The Balaban J connectivity index is 1.41. The Morgan fingerprint density at radius 1 is 1.04 bits per heavy atom. The van der Waals surface area contributed by atoms with E-state index in [-0.39, 0.29) is 31.9 Å². The second-order valence-corrected chi connectivity index (χ2v) is 13.9. The topological polar surface area (TPSA) is 174 Å². The maximum atomic E-state index is 14.2. The van der Waals surface area contributed by atoms with Crippen molar-refractivity contribution in [1.82, 2.24) is 19.9 Å². The molecule has 3 aromatic carbocycles. The largest absolute Gasteiger partial charge is 0.434 e. The Labute approximate surface area is 284 Å². The lowest BCUT2D eigenvalue weighted by Crippen LogP contribution is -2.53. The zero-order valence-corrected chi connectivity index (χ0v) is 28.0. The average Bonchev–Trinajstić information content (AvgIpc) is 3.71. The molecule has 0 unspecified atom stereocenters. The van der Waals surface area contributed by atoms with Gasteiger partial charge in [-0.05, 0) is 61.2 Å². The predicted molar refractivity (Wildman–Crippen MR) is 180 cm³/mol. The van der Waals surface area contributed by atoms with Gasteiger partial charge in [0.05, 0.1) is 25.0 Å². The lowest BCUT2D eigenvalue weighted by Gasteiger charge is -2.29. The number of hydrogen-bond donors (Lipinski definition) is 3. The summed E-state index contributed by atoms with van der Waals surface area (Å²) in [5, 5.41) is 3.42. The van der Waals surface area contributed by atoms with Crippen LogP contribution in [0.1, 0.15) is 53.5 Å². The van der Waals surface area contributed by atoms with Gasteiger partial charge in [-0.2, -0.15) is 4.72 Å². The third-order valence-electron chi connectivity index (χ3n) is 8.04. The SMILES string of the molecule is CS(=O)(=O)N[C@@H](C(=O)N1C[C@H](OCc2ccc(Cl)cc2)C[C@H]1C(=O)N[C@@H](CCCCN)C(=O)c1nc2ccccc2o1)c1ccccc1. The number of Topliss-reactive ketones (excluding diaryl/α,β-unsaturated/α-hetero) is 1. The van der Waals surface area contributed by atoms with Crippen LogP contribution in [0.4, 0.5) is 0 Å². The summed E-state index contributed by atoms with van der Waals surface area (Å²) < 4.78 is 39.1. The van der Waals surface area contributed by atoms with E-state index in [1.807, 2.05) is 12.1 Å². The van der Waals surface area contributed by atoms with E-state index >= 15 is 0 Å². The molecule has 0 bridgehead atoms. The molecule has 254 valence electrons. The summed E-state index contributed by atoms with van der Waals surface area (Å²) in [6.45, 7) is 0.611. The van der Waals surface area contributed by atoms with Crippen molar-refractivity contribution in [3.63, 3.8) is 0 Å². The highest BCUT2D eigenvalue weighted by Gasteiger charge is 2.44. The normalized spacial score (nSPS) is 17.7. The van der Waals surface area contributed by atoms with E-state index in [0.29, 0.717) is 41.1 Å². The third-order valence-corrected chi connectivity index (χ3v) is 8.96. The van der Waals surface area contributed by atoms with Crippen molar-refractivity contribution in [3.05, 3.63) is 101 Å². The molecular weight excluding hydrogens is 658 g/mol. The number of sulfonamides is 1. The number of nitrogens with two attached hydrogens (primary N) is 1. The Morgan fingerprint density at radius 2 is 1.75 bits per heavy atom. The van der Waals surface area contributed by atoms with Crippen molar-refractivity contribution >= 4 is 50.3 Å². The Morgan fingerprint density at radius 3 is 2.44 bits per heavy atom. The molecule has 4 N–H and O–H groups in total. The molecule has 2 heterocycles. The van der Waals surface area contributed by atoms with Crippen molar-refractivity contribution in [2.75, 3.05) is 19.3 Å². The zero-order valence-electron chi connectivity index (χ0n) is 26.4. The number of likely N-dealkylation sites (tertiary alicyclic amines) is 1. The Bertz CT molecular complexity index is 1800. The molecule has 0 radical (unpaired) electrons. The molecule has 2 amide bonds. The number of nitrogens with one attached hydrogen (secondary N) is 2. The molecule has 0 spiro atoms. The van der Waals surface area contributed by atoms with Crippen LogP contribution in [-0.4, -0.2) is 73.4 Å². The molecule has 1 saturated heterocycles. The summed E-state index contributed by atoms with van der Waals surface area (Å²) in [7, 11) is -3.84. The van der Waals surface area contributed by atoms with E-state index in [1.165, 1.54) is 4.90 Å². The molecule has 12 nitrogen and oxygen atoms in total. The lowest BCUT2D eigenvalue weighted by atomic mass is 10.0. The quantitative estimate of drug-likeness (QED) is 0.124. The number of amides is 2. The number of nitrogens with zero attached hydrogens (tertiary/aromatic N) is 2. The van der Waals surface area contributed by atoms with Crippen molar-refractivity contribution in [1.29, 1.82) is 0 Å². The van der Waals surface area contributed by atoms with Gasteiger partial charge in [0.15, 0.2) is 5.58 Å². The van der Waals surface area contributed by atoms with E-state index in [1.54, 1.807) is 66.7 Å². The number of rotatable bonds is 15. The van der Waals surface area contributed by atoms with Crippen molar-refractivity contribution in [3.8, 4) is 0 Å². The number of halogens is 1. The standard InChI is InChI=1S/C34H38ClN5O7S/c1-48(44,45)39-30(23-9-3-2-4-10-23)34(43)40-20-25(46-21-22-14-16-24(35)17-15-22)19-28(40)32(42)37-27(12-7-8-18-36)31(41)33-38-26-11-5-6-13-29(26)47-33/h2-6,9-11,13-17,25,27-28,30,39H,7-8,12,18-21,36H2,1H3,(H,37,42)/t25-,27+,28+,30-/m1/s1. The summed E-state index contributed by atoms with van der Waals surface area (Å²) in [5.41, 5.74) is 7.89. The minimum atomic E-state index is -3.84. The fourth-order valence-electron chi connectivity index (χ4n) is 5.65. The van der Waals surface area contributed by atoms with Crippen LogP contribution in [0, 0.1) is 0 Å². The number of ketones is 1. The minimum Gasteiger partial charge on any atom is -0.434 e. The van der Waals surface area contributed by atoms with E-state index < -0.39 is 51.9 Å². The minimum absolute atomic E-state index is 0.0101. The first kappa shape index (κ1) is 35.2. The molecule has 0 aliphatic carbocycles. The van der Waals surface area contributed by atoms with Gasteiger partial charge in [-0.15, -0.1) is 0 Å². The highest BCUT2D eigenvalue weighted by Crippen LogP contribution is 2.28. The van der Waals surface area contributed by atoms with Gasteiger partial charge in [0.2, 0.25) is 27.6 Å². The van der Waals surface area contributed by atoms with E-state index in [4.69, 9.17) is 26.5 Å². The fourth-order valence-corrected chi connectivity index (χ4v) is 6.44. The van der Waals surface area contributed by atoms with Gasteiger partial charge in [0, 0.05) is 18.0 Å². The second kappa shape index (κ2) is 15.8. The number of benzene rings is 3. The highest BCUT2D eigenvalue weighted by molar-refractivity contribution is 7.88. The van der Waals surface area contributed by atoms with Crippen LogP contribution in [-0.2, 0) is 31.0 Å². The number of carbonyl (C=O) groups is 3. The van der Waals surface area contributed by atoms with Gasteiger partial charge in [-0.3, -0.25) is 14.4 Å². The number of aromatic nitrogens is 1. The van der Waals surface area contributed by atoms with E-state index in [9.17, 15) is 22.8 Å². The average molecular weight is 696 g/mol. The summed E-state index contributed by atoms with van der Waals surface area (Å²) >= 11 is 6.02. The molecule has 5 rings (SSSR count). The van der Waals surface area contributed by atoms with Crippen LogP contribution in [0.15, 0.2) is 83.3 Å². The molecule has 14 heteroatoms. The smallest absolute Gasteiger partial charge is 0.266 e. The monoisotopic (exact) mass is 695 g/mol. The van der Waals surface area contributed by atoms with Gasteiger partial charge < -0.3 is 25.1 Å². The first-order valence-corrected chi connectivity index (χ1v) is 17.9. The first-order valence-electron chi connectivity index (χ1n) is 15.6. The van der Waals surface area contributed by atoms with Gasteiger partial charge in [0.25, 0.3) is 5.89 Å². The Kier molecular flexibility index (Phi) is 11.6. The molecule has 1 aliphatic rings. The van der Waals surface area contributed by atoms with Crippen molar-refractivity contribution < 1.29 is 32.0 Å². The van der Waals surface area contributed by atoms with E-state index in [2.05, 4.69) is 15.0 Å². The van der Waals surface area contributed by atoms with Gasteiger partial charge in [-0.25, -0.2) is 13.4 Å². The maximum absolute atomic E-state index is 14.2. The third kappa shape index (κ3) is 9.05. The number of oxazole rings is 1.